The summed E-state index contributed by atoms with van der Waals surface area (Å²) in [5.41, 5.74) is 8.82. The summed E-state index contributed by atoms with van der Waals surface area (Å²) >= 11 is 0. The first-order valence-corrected chi connectivity index (χ1v) is 6.17. The summed E-state index contributed by atoms with van der Waals surface area (Å²) in [5, 5.41) is 0. The molecule has 0 unspecified atom stereocenters. The van der Waals surface area contributed by atoms with Crippen molar-refractivity contribution in [1.82, 2.24) is 0 Å². The van der Waals surface area contributed by atoms with Gasteiger partial charge < -0.3 is 5.73 Å². The highest BCUT2D eigenvalue weighted by Gasteiger charge is 2.09. The lowest BCUT2D eigenvalue weighted by molar-refractivity contribution is 0.0992. The number of nitrogens with two attached hydrogens (primary N) is 1. The van der Waals surface area contributed by atoms with Gasteiger partial charge in [0.15, 0.2) is 5.78 Å². The maximum absolute atomic E-state index is 13.0. The summed E-state index contributed by atoms with van der Waals surface area (Å²) in [6.45, 7) is 2.27. The van der Waals surface area contributed by atoms with Crippen LogP contribution in [0, 0.1) is 12.7 Å². The third-order valence-corrected chi connectivity index (χ3v) is 3.17. The van der Waals surface area contributed by atoms with Gasteiger partial charge in [-0.15, -0.1) is 0 Å². The lowest BCUT2D eigenvalue weighted by Gasteiger charge is -2.06. The summed E-state index contributed by atoms with van der Waals surface area (Å²) in [6.07, 6.45) is 0.286. The van der Waals surface area contributed by atoms with E-state index in [2.05, 4.69) is 0 Å². The molecule has 0 saturated carbocycles. The fourth-order valence-corrected chi connectivity index (χ4v) is 1.96. The second-order valence-electron chi connectivity index (χ2n) is 4.57. The Morgan fingerprint density at radius 1 is 1.16 bits per heavy atom. The monoisotopic (exact) mass is 257 g/mol. The Hall–Kier alpha value is -2.00. The minimum absolute atomic E-state index is 0.0262. The summed E-state index contributed by atoms with van der Waals surface area (Å²) in [6, 6.07) is 11.8. The van der Waals surface area contributed by atoms with Crippen LogP contribution in [0.3, 0.4) is 0 Å². The highest BCUT2D eigenvalue weighted by molar-refractivity contribution is 5.97. The fraction of sp³-hybridized carbons (Fsp3) is 0.188. The Kier molecular flexibility index (Phi) is 4.07. The molecule has 0 aromatic heterocycles. The van der Waals surface area contributed by atoms with E-state index in [9.17, 15) is 9.18 Å². The van der Waals surface area contributed by atoms with Crippen molar-refractivity contribution in [2.75, 3.05) is 0 Å². The van der Waals surface area contributed by atoms with Crippen LogP contribution in [0.1, 0.15) is 27.0 Å². The molecule has 2 rings (SSSR count). The number of benzene rings is 2. The zero-order valence-corrected chi connectivity index (χ0v) is 10.8. The Morgan fingerprint density at radius 2 is 1.84 bits per heavy atom. The van der Waals surface area contributed by atoms with Crippen molar-refractivity contribution in [1.29, 1.82) is 0 Å². The van der Waals surface area contributed by atoms with E-state index in [4.69, 9.17) is 5.73 Å². The maximum atomic E-state index is 13.0. The molecule has 0 bridgehead atoms. The molecule has 0 atom stereocenters. The van der Waals surface area contributed by atoms with Crippen molar-refractivity contribution in [3.63, 3.8) is 0 Å². The smallest absolute Gasteiger partial charge is 0.167 e. The molecule has 2 aromatic carbocycles. The van der Waals surface area contributed by atoms with E-state index < -0.39 is 0 Å². The van der Waals surface area contributed by atoms with E-state index >= 15 is 0 Å². The predicted octanol–water partition coefficient (Wildman–Crippen LogP) is 3.02. The highest BCUT2D eigenvalue weighted by Crippen LogP contribution is 2.14. The van der Waals surface area contributed by atoms with Crippen LogP contribution in [0.5, 0.6) is 0 Å². The van der Waals surface area contributed by atoms with Crippen LogP contribution < -0.4 is 5.73 Å². The minimum Gasteiger partial charge on any atom is -0.326 e. The molecule has 0 amide bonds. The van der Waals surface area contributed by atoms with E-state index in [-0.39, 0.29) is 18.0 Å². The van der Waals surface area contributed by atoms with E-state index in [0.29, 0.717) is 12.1 Å². The third-order valence-electron chi connectivity index (χ3n) is 3.17. The molecule has 0 saturated heterocycles. The average Bonchev–Trinajstić information content (AvgIpc) is 2.42. The number of rotatable bonds is 4. The van der Waals surface area contributed by atoms with Crippen LogP contribution in [-0.2, 0) is 13.0 Å². The normalized spacial score (nSPS) is 10.5. The largest absolute Gasteiger partial charge is 0.326 e. The van der Waals surface area contributed by atoms with Crippen molar-refractivity contribution >= 4 is 5.78 Å². The number of carbonyl (C=O) groups excluding carboxylic acids is 1. The molecule has 0 aliphatic heterocycles. The minimum atomic E-state index is -0.277. The van der Waals surface area contributed by atoms with Gasteiger partial charge in [-0.1, -0.05) is 30.3 Å². The van der Waals surface area contributed by atoms with Gasteiger partial charge in [-0.05, 0) is 35.7 Å². The molecule has 19 heavy (non-hydrogen) atoms. The van der Waals surface area contributed by atoms with Crippen LogP contribution in [0.25, 0.3) is 0 Å². The van der Waals surface area contributed by atoms with Crippen LogP contribution in [-0.4, -0.2) is 5.78 Å². The van der Waals surface area contributed by atoms with Gasteiger partial charge >= 0.3 is 0 Å². The first-order chi connectivity index (χ1) is 9.10. The molecule has 2 N–H and O–H groups in total. The summed E-state index contributed by atoms with van der Waals surface area (Å²) in [4.78, 5) is 12.1. The maximum Gasteiger partial charge on any atom is 0.167 e. The molecule has 0 aliphatic carbocycles. The van der Waals surface area contributed by atoms with E-state index in [1.54, 1.807) is 18.2 Å². The van der Waals surface area contributed by atoms with E-state index in [1.165, 1.54) is 12.1 Å². The summed E-state index contributed by atoms with van der Waals surface area (Å²) < 4.78 is 13.0. The standard InChI is InChI=1S/C16H16FNO/c1-11-8-15(17)7-6-14(11)9-16(19)13-4-2-12(10-18)3-5-13/h2-8H,9-10,18H2,1H3. The Bertz CT molecular complexity index is 590. The number of halogens is 1. The van der Waals surface area contributed by atoms with Gasteiger partial charge in [0.2, 0.25) is 0 Å². The van der Waals surface area contributed by atoms with E-state index in [1.807, 2.05) is 19.1 Å². The van der Waals surface area contributed by atoms with Gasteiger partial charge in [0.25, 0.3) is 0 Å². The van der Waals surface area contributed by atoms with Crippen LogP contribution in [0.2, 0.25) is 0 Å². The van der Waals surface area contributed by atoms with Crippen LogP contribution in [0.4, 0.5) is 4.39 Å². The molecule has 0 spiro atoms. The zero-order valence-electron chi connectivity index (χ0n) is 10.8. The first-order valence-electron chi connectivity index (χ1n) is 6.17. The number of ketones is 1. The molecule has 2 nitrogen and oxygen atoms in total. The van der Waals surface area contributed by atoms with Crippen molar-refractivity contribution < 1.29 is 9.18 Å². The fourth-order valence-electron chi connectivity index (χ4n) is 1.96. The van der Waals surface area contributed by atoms with Gasteiger partial charge in [0.05, 0.1) is 0 Å². The Morgan fingerprint density at radius 3 is 2.42 bits per heavy atom. The predicted molar refractivity (Wildman–Crippen MR) is 73.5 cm³/mol. The molecule has 0 radical (unpaired) electrons. The quantitative estimate of drug-likeness (QED) is 0.855. The second-order valence-corrected chi connectivity index (χ2v) is 4.57. The van der Waals surface area contributed by atoms with Gasteiger partial charge in [-0.3, -0.25) is 4.79 Å². The molecular weight excluding hydrogens is 241 g/mol. The number of aryl methyl sites for hydroxylation is 1. The molecule has 0 aliphatic rings. The van der Waals surface area contributed by atoms with Crippen LogP contribution >= 0.6 is 0 Å². The van der Waals surface area contributed by atoms with Gasteiger partial charge in [0.1, 0.15) is 5.82 Å². The lowest BCUT2D eigenvalue weighted by Crippen LogP contribution is -2.05. The topological polar surface area (TPSA) is 43.1 Å². The van der Waals surface area contributed by atoms with Gasteiger partial charge in [-0.2, -0.15) is 0 Å². The van der Waals surface area contributed by atoms with Crippen molar-refractivity contribution in [3.8, 4) is 0 Å². The summed E-state index contributed by atoms with van der Waals surface area (Å²) in [7, 11) is 0. The Balaban J connectivity index is 2.15. The molecule has 98 valence electrons. The lowest BCUT2D eigenvalue weighted by atomic mass is 9.99. The first kappa shape index (κ1) is 13.4. The molecule has 3 heteroatoms. The number of hydrogen-bond donors (Lipinski definition) is 1. The molecule has 0 heterocycles. The summed E-state index contributed by atoms with van der Waals surface area (Å²) in [5.74, 6) is -0.251. The number of hydrogen-bond acceptors (Lipinski definition) is 2. The molecule has 0 fully saturated rings. The zero-order chi connectivity index (χ0) is 13.8. The third kappa shape index (κ3) is 3.26. The molecule has 2 aromatic rings. The van der Waals surface area contributed by atoms with Gasteiger partial charge in [0, 0.05) is 18.5 Å². The van der Waals surface area contributed by atoms with Crippen LogP contribution in [0.15, 0.2) is 42.5 Å². The highest BCUT2D eigenvalue weighted by atomic mass is 19.1. The van der Waals surface area contributed by atoms with Crippen molar-refractivity contribution in [2.45, 2.75) is 19.9 Å². The number of Topliss-reactive ketones (excluding diaryl/α,β-unsaturated/α-hetero) is 1. The van der Waals surface area contributed by atoms with E-state index in [0.717, 1.165) is 16.7 Å². The van der Waals surface area contributed by atoms with Crippen molar-refractivity contribution in [3.05, 3.63) is 70.5 Å². The number of carbonyl (C=O) groups is 1. The average molecular weight is 257 g/mol. The SMILES string of the molecule is Cc1cc(F)ccc1CC(=O)c1ccc(CN)cc1. The Labute approximate surface area is 112 Å². The van der Waals surface area contributed by atoms with Gasteiger partial charge in [-0.25, -0.2) is 4.39 Å². The second kappa shape index (κ2) is 5.76. The molecular formula is C16H16FNO. The van der Waals surface area contributed by atoms with Crippen molar-refractivity contribution in [2.24, 2.45) is 5.73 Å².